The Labute approximate surface area is 237 Å². The molecule has 0 saturated carbocycles. The first-order valence-corrected chi connectivity index (χ1v) is 13.1. The number of hydrogen-bond donors (Lipinski definition) is 9. The van der Waals surface area contributed by atoms with Crippen LogP contribution >= 0.6 is 0 Å². The van der Waals surface area contributed by atoms with Crippen molar-refractivity contribution in [2.75, 3.05) is 6.54 Å². The lowest BCUT2D eigenvalue weighted by atomic mass is 10.0. The first kappa shape index (κ1) is 34.6. The Bertz CT molecular complexity index is 1070. The summed E-state index contributed by atoms with van der Waals surface area (Å²) in [6.07, 6.45) is -0.130. The predicted octanol–water partition coefficient (Wildman–Crippen LogP) is -1.23. The molecule has 0 fully saturated rings. The van der Waals surface area contributed by atoms with E-state index in [0.717, 1.165) is 0 Å². The summed E-state index contributed by atoms with van der Waals surface area (Å²) in [7, 11) is 0. The van der Waals surface area contributed by atoms with Gasteiger partial charge in [0.2, 0.25) is 17.7 Å². The number of guanidine groups is 1. The molecule has 15 nitrogen and oxygen atoms in total. The van der Waals surface area contributed by atoms with Gasteiger partial charge >= 0.3 is 11.9 Å². The van der Waals surface area contributed by atoms with Crippen molar-refractivity contribution in [1.82, 2.24) is 16.0 Å². The van der Waals surface area contributed by atoms with Gasteiger partial charge in [0.05, 0.1) is 6.04 Å². The molecule has 1 aromatic rings. The first-order chi connectivity index (χ1) is 19.2. The molecule has 1 aromatic carbocycles. The number of hydrogen-bond acceptors (Lipinski definition) is 8. The number of carbonyl (C=O) groups excluding carboxylic acids is 3. The summed E-state index contributed by atoms with van der Waals surface area (Å²) in [6.45, 7) is 3.74. The molecular formula is C26H41N7O8. The number of nitrogens with one attached hydrogen (secondary N) is 3. The zero-order chi connectivity index (χ0) is 31.1. The Morgan fingerprint density at radius 2 is 1.41 bits per heavy atom. The summed E-state index contributed by atoms with van der Waals surface area (Å²) in [5.74, 6) is -4.88. The summed E-state index contributed by atoms with van der Waals surface area (Å²) in [5.41, 5.74) is 17.0. The van der Waals surface area contributed by atoms with Crippen LogP contribution in [0.5, 0.6) is 5.75 Å². The van der Waals surface area contributed by atoms with Gasteiger partial charge in [0.25, 0.3) is 0 Å². The molecule has 1 rings (SSSR count). The Hall–Kier alpha value is -4.40. The van der Waals surface area contributed by atoms with E-state index in [2.05, 4.69) is 20.9 Å². The van der Waals surface area contributed by atoms with Crippen molar-refractivity contribution >= 4 is 35.6 Å². The molecule has 3 amide bonds. The zero-order valence-electron chi connectivity index (χ0n) is 23.2. The third-order valence-electron chi connectivity index (χ3n) is 5.92. The number of aromatic hydroxyl groups is 1. The van der Waals surface area contributed by atoms with Crippen LogP contribution in [0.4, 0.5) is 0 Å². The molecule has 0 spiro atoms. The number of amides is 3. The third kappa shape index (κ3) is 14.0. The summed E-state index contributed by atoms with van der Waals surface area (Å²) < 4.78 is 0. The Morgan fingerprint density at radius 3 is 1.95 bits per heavy atom. The minimum Gasteiger partial charge on any atom is -0.508 e. The quantitative estimate of drug-likeness (QED) is 0.0564. The molecule has 0 aliphatic rings. The highest BCUT2D eigenvalue weighted by molar-refractivity contribution is 5.94. The highest BCUT2D eigenvalue weighted by Gasteiger charge is 2.30. The van der Waals surface area contributed by atoms with Gasteiger partial charge in [0.1, 0.15) is 23.9 Å². The molecule has 12 N–H and O–H groups in total. The minimum absolute atomic E-state index is 0.00977. The second-order valence-corrected chi connectivity index (χ2v) is 10.0. The number of phenolic OH excluding ortho intramolecular Hbond substituents is 1. The minimum atomic E-state index is -1.25. The van der Waals surface area contributed by atoms with Crippen LogP contribution < -0.4 is 33.2 Å². The number of phenols is 1. The van der Waals surface area contributed by atoms with Crippen molar-refractivity contribution in [3.63, 3.8) is 0 Å². The normalized spacial score (nSPS) is 13.8. The van der Waals surface area contributed by atoms with Gasteiger partial charge in [-0.3, -0.25) is 24.2 Å². The predicted molar refractivity (Wildman–Crippen MR) is 149 cm³/mol. The Kier molecular flexibility index (Phi) is 14.6. The van der Waals surface area contributed by atoms with Gasteiger partial charge < -0.3 is 48.5 Å². The maximum absolute atomic E-state index is 13.4. The second-order valence-electron chi connectivity index (χ2n) is 10.0. The molecule has 41 heavy (non-hydrogen) atoms. The largest absolute Gasteiger partial charge is 0.508 e. The lowest BCUT2D eigenvalue weighted by Crippen LogP contribution is -2.57. The van der Waals surface area contributed by atoms with E-state index in [1.165, 1.54) is 12.1 Å². The van der Waals surface area contributed by atoms with Crippen LogP contribution in [-0.4, -0.2) is 81.7 Å². The van der Waals surface area contributed by atoms with E-state index in [1.54, 1.807) is 26.0 Å². The van der Waals surface area contributed by atoms with Gasteiger partial charge in [0, 0.05) is 19.4 Å². The van der Waals surface area contributed by atoms with Crippen LogP contribution in [0, 0.1) is 5.92 Å². The Balaban J connectivity index is 3.19. The van der Waals surface area contributed by atoms with Crippen molar-refractivity contribution in [3.8, 4) is 5.75 Å². The molecule has 0 saturated heterocycles. The summed E-state index contributed by atoms with van der Waals surface area (Å²) in [5, 5.41) is 35.6. The average Bonchev–Trinajstić information content (AvgIpc) is 2.88. The van der Waals surface area contributed by atoms with E-state index in [0.29, 0.717) is 5.56 Å². The van der Waals surface area contributed by atoms with Crippen LogP contribution in [0.15, 0.2) is 29.3 Å². The van der Waals surface area contributed by atoms with Gasteiger partial charge in [-0.05, 0) is 49.3 Å². The molecule has 0 radical (unpaired) electrons. The molecular weight excluding hydrogens is 538 g/mol. The van der Waals surface area contributed by atoms with Gasteiger partial charge in [0.15, 0.2) is 5.96 Å². The van der Waals surface area contributed by atoms with Gasteiger partial charge in [-0.15, -0.1) is 0 Å². The van der Waals surface area contributed by atoms with Crippen LogP contribution in [0.25, 0.3) is 0 Å². The van der Waals surface area contributed by atoms with E-state index in [1.807, 2.05) is 0 Å². The maximum atomic E-state index is 13.4. The number of carboxylic acids is 2. The first-order valence-electron chi connectivity index (χ1n) is 13.1. The van der Waals surface area contributed by atoms with E-state index in [9.17, 15) is 34.2 Å². The summed E-state index contributed by atoms with van der Waals surface area (Å²) in [6, 6.07) is 1.02. The van der Waals surface area contributed by atoms with Crippen molar-refractivity contribution in [2.45, 2.75) is 76.5 Å². The highest BCUT2D eigenvalue weighted by Crippen LogP contribution is 2.13. The number of aliphatic carboxylic acids is 2. The number of carboxylic acid groups (broad SMARTS) is 2. The number of nitrogens with two attached hydrogens (primary N) is 3. The molecule has 228 valence electrons. The molecule has 0 aliphatic heterocycles. The Morgan fingerprint density at radius 1 is 0.854 bits per heavy atom. The van der Waals surface area contributed by atoms with Gasteiger partial charge in [-0.2, -0.15) is 0 Å². The maximum Gasteiger partial charge on any atom is 0.326 e. The van der Waals surface area contributed by atoms with Gasteiger partial charge in [-0.1, -0.05) is 26.0 Å². The standard InChI is InChI=1S/C26H41N7O8/c1-14(2)12-20(25(40)41)33-24(39)19(13-15-5-7-16(34)8-6-15)32-23(38)18(4-3-11-30-26(28)29)31-22(37)17(27)9-10-21(35)36/h5-8,14,17-20,34H,3-4,9-13,27H2,1-2H3,(H,31,37)(H,32,38)(H,33,39)(H,35,36)(H,40,41)(H4,28,29,30)/t17-,18-,19-,20-/m0/s1. The fourth-order valence-electron chi connectivity index (χ4n) is 3.78. The van der Waals surface area contributed by atoms with Crippen molar-refractivity contribution in [3.05, 3.63) is 29.8 Å². The monoisotopic (exact) mass is 579 g/mol. The SMILES string of the molecule is CC(C)C[C@H](NC(=O)[C@H](Cc1ccc(O)cc1)NC(=O)[C@H](CCCN=C(N)N)NC(=O)[C@@H](N)CCC(=O)O)C(=O)O. The van der Waals surface area contributed by atoms with E-state index < -0.39 is 53.8 Å². The second kappa shape index (κ2) is 17.3. The summed E-state index contributed by atoms with van der Waals surface area (Å²) in [4.78, 5) is 65.7. The van der Waals surface area contributed by atoms with Crippen LogP contribution in [0.2, 0.25) is 0 Å². The van der Waals surface area contributed by atoms with Crippen LogP contribution in [-0.2, 0) is 30.4 Å². The van der Waals surface area contributed by atoms with Crippen molar-refractivity contribution in [2.24, 2.45) is 28.1 Å². The highest BCUT2D eigenvalue weighted by atomic mass is 16.4. The van der Waals surface area contributed by atoms with E-state index in [4.69, 9.17) is 22.3 Å². The number of benzene rings is 1. The zero-order valence-corrected chi connectivity index (χ0v) is 23.2. The molecule has 4 atom stereocenters. The lowest BCUT2D eigenvalue weighted by molar-refractivity contribution is -0.143. The number of rotatable bonds is 18. The molecule has 0 aliphatic carbocycles. The third-order valence-corrected chi connectivity index (χ3v) is 5.92. The van der Waals surface area contributed by atoms with Gasteiger partial charge in [-0.25, -0.2) is 4.79 Å². The number of aliphatic imine (C=N–C) groups is 1. The van der Waals surface area contributed by atoms with Crippen molar-refractivity contribution < 1.29 is 39.3 Å². The molecule has 0 aromatic heterocycles. The lowest BCUT2D eigenvalue weighted by Gasteiger charge is -2.25. The molecule has 0 bridgehead atoms. The molecule has 0 heterocycles. The fourth-order valence-corrected chi connectivity index (χ4v) is 3.78. The van der Waals surface area contributed by atoms with E-state index in [-0.39, 0.29) is 62.7 Å². The number of nitrogens with zero attached hydrogens (tertiary/aromatic N) is 1. The van der Waals surface area contributed by atoms with Crippen molar-refractivity contribution in [1.29, 1.82) is 0 Å². The topological polar surface area (TPSA) is 273 Å². The van der Waals surface area contributed by atoms with E-state index >= 15 is 0 Å². The smallest absolute Gasteiger partial charge is 0.326 e. The van der Waals surface area contributed by atoms with Crippen LogP contribution in [0.1, 0.15) is 51.5 Å². The van der Waals surface area contributed by atoms with Crippen LogP contribution in [0.3, 0.4) is 0 Å². The molecule has 15 heteroatoms. The number of carbonyl (C=O) groups is 5. The fraction of sp³-hybridized carbons (Fsp3) is 0.538. The molecule has 0 unspecified atom stereocenters. The summed E-state index contributed by atoms with van der Waals surface area (Å²) >= 11 is 0. The average molecular weight is 580 g/mol.